The molecule has 0 amide bonds. The topological polar surface area (TPSA) is 101 Å². The number of hydrogen-bond donors (Lipinski definition) is 3. The molecule has 1 atom stereocenters. The Balaban J connectivity index is 2.26. The molecule has 1 heterocycles. The van der Waals surface area contributed by atoms with Gasteiger partial charge >= 0.3 is 5.97 Å². The van der Waals surface area contributed by atoms with Gasteiger partial charge in [0.1, 0.15) is 11.9 Å². The smallest absolute Gasteiger partial charge is 0.321 e. The van der Waals surface area contributed by atoms with Crippen molar-refractivity contribution < 1.29 is 9.90 Å². The van der Waals surface area contributed by atoms with E-state index in [1.54, 1.807) is 18.5 Å². The van der Waals surface area contributed by atoms with Gasteiger partial charge in [-0.1, -0.05) is 0 Å². The van der Waals surface area contributed by atoms with Gasteiger partial charge in [0.25, 0.3) is 0 Å². The Morgan fingerprint density at radius 1 is 1.57 bits per heavy atom. The molecule has 0 bridgehead atoms. The lowest BCUT2D eigenvalue weighted by atomic mass is 10.3. The van der Waals surface area contributed by atoms with Crippen LogP contribution in [0.3, 0.4) is 0 Å². The summed E-state index contributed by atoms with van der Waals surface area (Å²) in [4.78, 5) is 18.3. The van der Waals surface area contributed by atoms with Gasteiger partial charge in [-0.15, -0.1) is 0 Å². The molecule has 0 unspecified atom stereocenters. The molecule has 0 saturated carbocycles. The summed E-state index contributed by atoms with van der Waals surface area (Å²) in [6.07, 6.45) is 3.25. The minimum atomic E-state index is -1.02. The first kappa shape index (κ1) is 10.6. The third-order valence-corrected chi connectivity index (χ3v) is 1.58. The second kappa shape index (κ2) is 5.25. The van der Waals surface area contributed by atoms with Crippen molar-refractivity contribution in [3.05, 3.63) is 24.3 Å². The molecule has 4 N–H and O–H groups in total. The van der Waals surface area contributed by atoms with Gasteiger partial charge in [-0.3, -0.25) is 4.79 Å². The van der Waals surface area contributed by atoms with E-state index in [1.165, 1.54) is 0 Å². The standard InChI is InChI=1S/C8H12N4O2/c9-6(8(13)14)4-10-5-7-11-2-1-3-12-7/h1-3,6,10H,4-5,9H2,(H,13,14)/t6-/m0/s1. The number of nitrogens with one attached hydrogen (secondary N) is 1. The molecular formula is C8H12N4O2. The van der Waals surface area contributed by atoms with Crippen molar-refractivity contribution in [1.82, 2.24) is 15.3 Å². The second-order valence-corrected chi connectivity index (χ2v) is 2.74. The van der Waals surface area contributed by atoms with Crippen molar-refractivity contribution in [2.75, 3.05) is 6.54 Å². The Morgan fingerprint density at radius 2 is 2.21 bits per heavy atom. The number of aromatic nitrogens is 2. The average molecular weight is 196 g/mol. The summed E-state index contributed by atoms with van der Waals surface area (Å²) >= 11 is 0. The monoisotopic (exact) mass is 196 g/mol. The number of nitrogens with two attached hydrogens (primary N) is 1. The SMILES string of the molecule is N[C@@H](CNCc1ncccn1)C(=O)O. The van der Waals surface area contributed by atoms with Crippen LogP contribution in [0, 0.1) is 0 Å². The number of carboxylic acids is 1. The van der Waals surface area contributed by atoms with Gasteiger partial charge in [0.2, 0.25) is 0 Å². The molecule has 6 nitrogen and oxygen atoms in total. The Bertz CT molecular complexity index is 291. The van der Waals surface area contributed by atoms with Crippen molar-refractivity contribution >= 4 is 5.97 Å². The average Bonchev–Trinajstić information content (AvgIpc) is 2.19. The van der Waals surface area contributed by atoms with E-state index in [2.05, 4.69) is 15.3 Å². The number of carbonyl (C=O) groups is 1. The fourth-order valence-electron chi connectivity index (χ4n) is 0.848. The normalized spacial score (nSPS) is 12.4. The van der Waals surface area contributed by atoms with Gasteiger partial charge in [-0.05, 0) is 6.07 Å². The zero-order valence-electron chi connectivity index (χ0n) is 7.55. The summed E-state index contributed by atoms with van der Waals surface area (Å²) in [5.41, 5.74) is 5.28. The van der Waals surface area contributed by atoms with E-state index in [1.807, 2.05) is 0 Å². The lowest BCUT2D eigenvalue weighted by molar-refractivity contribution is -0.138. The highest BCUT2D eigenvalue weighted by atomic mass is 16.4. The molecule has 0 radical (unpaired) electrons. The van der Waals surface area contributed by atoms with Gasteiger partial charge in [0, 0.05) is 18.9 Å². The maximum Gasteiger partial charge on any atom is 0.321 e. The van der Waals surface area contributed by atoms with Crippen LogP contribution in [-0.4, -0.2) is 33.6 Å². The molecule has 0 fully saturated rings. The van der Waals surface area contributed by atoms with E-state index in [0.29, 0.717) is 12.4 Å². The number of hydrogen-bond acceptors (Lipinski definition) is 5. The Hall–Kier alpha value is -1.53. The summed E-state index contributed by atoms with van der Waals surface area (Å²) in [7, 11) is 0. The highest BCUT2D eigenvalue weighted by molar-refractivity contribution is 5.73. The summed E-state index contributed by atoms with van der Waals surface area (Å²) in [6, 6.07) is 0.825. The Labute approximate surface area is 81.2 Å². The fourth-order valence-corrected chi connectivity index (χ4v) is 0.848. The van der Waals surface area contributed by atoms with Crippen LogP contribution in [0.15, 0.2) is 18.5 Å². The first-order chi connectivity index (χ1) is 6.70. The van der Waals surface area contributed by atoms with E-state index in [-0.39, 0.29) is 6.54 Å². The minimum absolute atomic E-state index is 0.202. The van der Waals surface area contributed by atoms with E-state index >= 15 is 0 Å². The molecule has 1 rings (SSSR count). The maximum absolute atomic E-state index is 10.3. The molecule has 0 aromatic carbocycles. The molecular weight excluding hydrogens is 184 g/mol. The number of aliphatic carboxylic acids is 1. The van der Waals surface area contributed by atoms with Crippen molar-refractivity contribution in [1.29, 1.82) is 0 Å². The maximum atomic E-state index is 10.3. The Morgan fingerprint density at radius 3 is 2.79 bits per heavy atom. The lowest BCUT2D eigenvalue weighted by Crippen LogP contribution is -2.40. The zero-order chi connectivity index (χ0) is 10.4. The first-order valence-corrected chi connectivity index (χ1v) is 4.15. The minimum Gasteiger partial charge on any atom is -0.480 e. The van der Waals surface area contributed by atoms with E-state index < -0.39 is 12.0 Å². The molecule has 76 valence electrons. The van der Waals surface area contributed by atoms with Crippen LogP contribution in [0.5, 0.6) is 0 Å². The quantitative estimate of drug-likeness (QED) is 0.557. The molecule has 0 saturated heterocycles. The second-order valence-electron chi connectivity index (χ2n) is 2.74. The molecule has 1 aromatic rings. The van der Waals surface area contributed by atoms with E-state index in [9.17, 15) is 4.79 Å². The summed E-state index contributed by atoms with van der Waals surface area (Å²) < 4.78 is 0. The molecule has 1 aromatic heterocycles. The summed E-state index contributed by atoms with van der Waals surface area (Å²) in [6.45, 7) is 0.620. The van der Waals surface area contributed by atoms with Gasteiger partial charge in [0.15, 0.2) is 0 Å². The third kappa shape index (κ3) is 3.46. The summed E-state index contributed by atoms with van der Waals surface area (Å²) in [5.74, 6) is -0.406. The Kier molecular flexibility index (Phi) is 3.96. The van der Waals surface area contributed by atoms with E-state index in [0.717, 1.165) is 0 Å². The molecule has 0 aliphatic heterocycles. The van der Waals surface area contributed by atoms with Crippen LogP contribution in [0.4, 0.5) is 0 Å². The van der Waals surface area contributed by atoms with Gasteiger partial charge in [-0.2, -0.15) is 0 Å². The predicted octanol–water partition coefficient (Wildman–Crippen LogP) is -1.02. The zero-order valence-corrected chi connectivity index (χ0v) is 7.55. The third-order valence-electron chi connectivity index (χ3n) is 1.58. The van der Waals surface area contributed by atoms with Crippen molar-refractivity contribution in [3.63, 3.8) is 0 Å². The van der Waals surface area contributed by atoms with Crippen LogP contribution < -0.4 is 11.1 Å². The molecule has 0 aliphatic rings. The number of carboxylic acid groups (broad SMARTS) is 1. The molecule has 0 aliphatic carbocycles. The van der Waals surface area contributed by atoms with Crippen molar-refractivity contribution in [2.24, 2.45) is 5.73 Å². The van der Waals surface area contributed by atoms with Gasteiger partial charge < -0.3 is 16.2 Å². The van der Waals surface area contributed by atoms with Crippen LogP contribution >= 0.6 is 0 Å². The summed E-state index contributed by atoms with van der Waals surface area (Å²) in [5, 5.41) is 11.3. The highest BCUT2D eigenvalue weighted by Gasteiger charge is 2.09. The predicted molar refractivity (Wildman–Crippen MR) is 49.3 cm³/mol. The molecule has 14 heavy (non-hydrogen) atoms. The van der Waals surface area contributed by atoms with Gasteiger partial charge in [0.05, 0.1) is 6.54 Å². The fraction of sp³-hybridized carbons (Fsp3) is 0.375. The van der Waals surface area contributed by atoms with Crippen LogP contribution in [0.2, 0.25) is 0 Å². The van der Waals surface area contributed by atoms with Crippen LogP contribution in [0.25, 0.3) is 0 Å². The largest absolute Gasteiger partial charge is 0.480 e. The van der Waals surface area contributed by atoms with E-state index in [4.69, 9.17) is 10.8 Å². The molecule has 0 spiro atoms. The van der Waals surface area contributed by atoms with Crippen LogP contribution in [0.1, 0.15) is 5.82 Å². The first-order valence-electron chi connectivity index (χ1n) is 4.15. The van der Waals surface area contributed by atoms with Gasteiger partial charge in [-0.25, -0.2) is 9.97 Å². The number of rotatable bonds is 5. The molecule has 6 heteroatoms. The highest BCUT2D eigenvalue weighted by Crippen LogP contribution is 1.86. The van der Waals surface area contributed by atoms with Crippen LogP contribution in [-0.2, 0) is 11.3 Å². The van der Waals surface area contributed by atoms with Crippen molar-refractivity contribution in [2.45, 2.75) is 12.6 Å². The van der Waals surface area contributed by atoms with Crippen molar-refractivity contribution in [3.8, 4) is 0 Å². The number of nitrogens with zero attached hydrogens (tertiary/aromatic N) is 2. The lowest BCUT2D eigenvalue weighted by Gasteiger charge is -2.06.